The number of hydrogen-bond donors (Lipinski definition) is 3. The van der Waals surface area contributed by atoms with Gasteiger partial charge in [-0.05, 0) is 30.3 Å². The number of primary amides is 1. The van der Waals surface area contributed by atoms with Gasteiger partial charge < -0.3 is 26.3 Å². The van der Waals surface area contributed by atoms with Gasteiger partial charge in [0.05, 0.1) is 6.04 Å². The van der Waals surface area contributed by atoms with Crippen LogP contribution in [-0.4, -0.2) is 39.7 Å². The lowest BCUT2D eigenvalue weighted by Crippen LogP contribution is -2.30. The average Bonchev–Trinajstić information content (AvgIpc) is 2.74. The van der Waals surface area contributed by atoms with Crippen LogP contribution < -0.4 is 21.5 Å². The van der Waals surface area contributed by atoms with Crippen LogP contribution in [0.25, 0.3) is 11.4 Å². The second-order valence-electron chi connectivity index (χ2n) is 5.89. The van der Waals surface area contributed by atoms with E-state index in [1.54, 1.807) is 12.1 Å². The van der Waals surface area contributed by atoms with Crippen LogP contribution in [0.3, 0.4) is 0 Å². The molecule has 2 aromatic heterocycles. The van der Waals surface area contributed by atoms with Gasteiger partial charge in [-0.15, -0.1) is 0 Å². The quantitative estimate of drug-likeness (QED) is 0.486. The number of nitrogens with one attached hydrogen (secondary N) is 1. The third kappa shape index (κ3) is 5.08. The Morgan fingerprint density at radius 3 is 2.55 bits per heavy atom. The third-order valence-corrected chi connectivity index (χ3v) is 3.76. The molecule has 0 aliphatic rings. The van der Waals surface area contributed by atoms with Crippen molar-refractivity contribution in [3.05, 3.63) is 60.2 Å². The van der Waals surface area contributed by atoms with Crippen molar-refractivity contribution < 1.29 is 18.7 Å². The molecular formula is C19H17FN6O3. The van der Waals surface area contributed by atoms with Gasteiger partial charge in [-0.2, -0.15) is 0 Å². The predicted octanol–water partition coefficient (Wildman–Crippen LogP) is 1.51. The zero-order chi connectivity index (χ0) is 20.8. The van der Waals surface area contributed by atoms with Gasteiger partial charge in [0.1, 0.15) is 29.4 Å². The number of carbonyl (C=O) groups is 2. The molecule has 0 saturated carbocycles. The van der Waals surface area contributed by atoms with Crippen LogP contribution >= 0.6 is 0 Å². The standard InChI is InChI=1S/C19H17FN6O3/c20-12-2-4-14(5-3-12)29-17-6-1-11(9-23-17)19-25-15(18(22)28)7-16(26-19)24-13(8-21)10-27/h1-7,9-10,13H,8,21H2,(H2,22,28)(H,24,25,26)/t13-/m0/s1. The van der Waals surface area contributed by atoms with Gasteiger partial charge in [-0.3, -0.25) is 4.79 Å². The highest BCUT2D eigenvalue weighted by molar-refractivity contribution is 5.92. The van der Waals surface area contributed by atoms with E-state index in [0.29, 0.717) is 17.6 Å². The van der Waals surface area contributed by atoms with Crippen molar-refractivity contribution in [2.75, 3.05) is 11.9 Å². The first-order valence-electron chi connectivity index (χ1n) is 8.49. The number of nitrogens with zero attached hydrogens (tertiary/aromatic N) is 3. The van der Waals surface area contributed by atoms with E-state index in [1.807, 2.05) is 0 Å². The zero-order valence-corrected chi connectivity index (χ0v) is 15.1. The van der Waals surface area contributed by atoms with E-state index in [2.05, 4.69) is 20.3 Å². The average molecular weight is 396 g/mol. The molecule has 1 aromatic carbocycles. The number of aldehydes is 1. The SMILES string of the molecule is NC[C@@H](C=O)Nc1cc(C(N)=O)nc(-c2ccc(Oc3ccc(F)cc3)nc2)n1. The summed E-state index contributed by atoms with van der Waals surface area (Å²) in [6, 6.07) is 9.35. The fourth-order valence-electron chi connectivity index (χ4n) is 2.31. The Morgan fingerprint density at radius 2 is 1.97 bits per heavy atom. The van der Waals surface area contributed by atoms with Crippen LogP contribution in [0, 0.1) is 5.82 Å². The second kappa shape index (κ2) is 8.85. The van der Waals surface area contributed by atoms with E-state index in [-0.39, 0.29) is 35.6 Å². The summed E-state index contributed by atoms with van der Waals surface area (Å²) in [5, 5.41) is 2.80. The molecule has 0 spiro atoms. The lowest BCUT2D eigenvalue weighted by molar-refractivity contribution is -0.108. The highest BCUT2D eigenvalue weighted by Crippen LogP contribution is 2.23. The van der Waals surface area contributed by atoms with Crippen LogP contribution in [0.2, 0.25) is 0 Å². The summed E-state index contributed by atoms with van der Waals surface area (Å²) < 4.78 is 18.5. The number of hydrogen-bond acceptors (Lipinski definition) is 8. The largest absolute Gasteiger partial charge is 0.439 e. The molecule has 0 bridgehead atoms. The number of carbonyl (C=O) groups excluding carboxylic acids is 2. The molecule has 0 unspecified atom stereocenters. The number of halogens is 1. The Morgan fingerprint density at radius 1 is 1.21 bits per heavy atom. The van der Waals surface area contributed by atoms with Gasteiger partial charge in [0.2, 0.25) is 5.88 Å². The maximum Gasteiger partial charge on any atom is 0.267 e. The second-order valence-corrected chi connectivity index (χ2v) is 5.89. The molecule has 148 valence electrons. The van der Waals surface area contributed by atoms with Crippen LogP contribution in [0.5, 0.6) is 11.6 Å². The molecule has 0 aliphatic carbocycles. The zero-order valence-electron chi connectivity index (χ0n) is 15.1. The van der Waals surface area contributed by atoms with Crippen LogP contribution in [-0.2, 0) is 4.79 Å². The molecule has 10 heteroatoms. The minimum atomic E-state index is -0.753. The number of benzene rings is 1. The Labute approximate surface area is 164 Å². The van der Waals surface area contributed by atoms with E-state index < -0.39 is 11.9 Å². The smallest absolute Gasteiger partial charge is 0.267 e. The van der Waals surface area contributed by atoms with E-state index in [0.717, 1.165) is 0 Å². The number of aromatic nitrogens is 3. The van der Waals surface area contributed by atoms with Crippen molar-refractivity contribution in [3.8, 4) is 23.0 Å². The first-order chi connectivity index (χ1) is 14.0. The fraction of sp³-hybridized carbons (Fsp3) is 0.105. The molecule has 0 radical (unpaired) electrons. The van der Waals surface area contributed by atoms with E-state index in [9.17, 15) is 14.0 Å². The Balaban J connectivity index is 1.86. The predicted molar refractivity (Wildman–Crippen MR) is 103 cm³/mol. The van der Waals surface area contributed by atoms with Gasteiger partial charge >= 0.3 is 0 Å². The Hall–Kier alpha value is -3.92. The van der Waals surface area contributed by atoms with Crippen molar-refractivity contribution in [1.29, 1.82) is 0 Å². The van der Waals surface area contributed by atoms with Crippen molar-refractivity contribution in [1.82, 2.24) is 15.0 Å². The van der Waals surface area contributed by atoms with Gasteiger partial charge in [0, 0.05) is 30.4 Å². The van der Waals surface area contributed by atoms with Crippen LogP contribution in [0.15, 0.2) is 48.7 Å². The fourth-order valence-corrected chi connectivity index (χ4v) is 2.31. The minimum absolute atomic E-state index is 0.0363. The number of nitrogens with two attached hydrogens (primary N) is 2. The third-order valence-electron chi connectivity index (χ3n) is 3.76. The first kappa shape index (κ1) is 19.8. The topological polar surface area (TPSA) is 146 Å². The van der Waals surface area contributed by atoms with Crippen molar-refractivity contribution in [2.24, 2.45) is 11.5 Å². The van der Waals surface area contributed by atoms with E-state index in [4.69, 9.17) is 16.2 Å². The lowest BCUT2D eigenvalue weighted by atomic mass is 10.2. The van der Waals surface area contributed by atoms with Crippen LogP contribution in [0.1, 0.15) is 10.5 Å². The van der Waals surface area contributed by atoms with E-state index in [1.165, 1.54) is 36.5 Å². The minimum Gasteiger partial charge on any atom is -0.439 e. The molecule has 3 rings (SSSR count). The van der Waals surface area contributed by atoms with Gasteiger partial charge in [0.15, 0.2) is 5.82 Å². The highest BCUT2D eigenvalue weighted by Gasteiger charge is 2.13. The monoisotopic (exact) mass is 396 g/mol. The molecule has 0 saturated heterocycles. The first-order valence-corrected chi connectivity index (χ1v) is 8.49. The number of anilines is 1. The Kier molecular flexibility index (Phi) is 6.05. The normalized spacial score (nSPS) is 11.5. The molecule has 9 nitrogen and oxygen atoms in total. The number of amides is 1. The van der Waals surface area contributed by atoms with Crippen molar-refractivity contribution in [3.63, 3.8) is 0 Å². The lowest BCUT2D eigenvalue weighted by Gasteiger charge is -2.13. The van der Waals surface area contributed by atoms with Gasteiger partial charge in [-0.1, -0.05) is 0 Å². The Bertz CT molecular complexity index is 1010. The summed E-state index contributed by atoms with van der Waals surface area (Å²) in [4.78, 5) is 35.1. The number of ether oxygens (including phenoxy) is 1. The molecule has 29 heavy (non-hydrogen) atoms. The highest BCUT2D eigenvalue weighted by atomic mass is 19.1. The molecule has 0 fully saturated rings. The summed E-state index contributed by atoms with van der Waals surface area (Å²) in [7, 11) is 0. The number of pyridine rings is 1. The molecule has 0 aliphatic heterocycles. The molecule has 5 N–H and O–H groups in total. The summed E-state index contributed by atoms with van der Waals surface area (Å²) in [5.41, 5.74) is 11.3. The summed E-state index contributed by atoms with van der Waals surface area (Å²) in [5.74, 6) is -0.0377. The maximum absolute atomic E-state index is 13.0. The summed E-state index contributed by atoms with van der Waals surface area (Å²) in [6.07, 6.45) is 2.08. The molecule has 1 atom stereocenters. The van der Waals surface area contributed by atoms with Crippen LogP contribution in [0.4, 0.5) is 10.2 Å². The molecule has 3 aromatic rings. The van der Waals surface area contributed by atoms with E-state index >= 15 is 0 Å². The number of rotatable bonds is 8. The van der Waals surface area contributed by atoms with Crippen molar-refractivity contribution >= 4 is 18.0 Å². The maximum atomic E-state index is 13.0. The molecule has 2 heterocycles. The summed E-state index contributed by atoms with van der Waals surface area (Å²) in [6.45, 7) is 0.0473. The summed E-state index contributed by atoms with van der Waals surface area (Å²) >= 11 is 0. The van der Waals surface area contributed by atoms with Gasteiger partial charge in [-0.25, -0.2) is 19.3 Å². The van der Waals surface area contributed by atoms with Crippen molar-refractivity contribution in [2.45, 2.75) is 6.04 Å². The molecule has 1 amide bonds. The molecular weight excluding hydrogens is 379 g/mol. The van der Waals surface area contributed by atoms with Gasteiger partial charge in [0.25, 0.3) is 5.91 Å².